The van der Waals surface area contributed by atoms with Crippen LogP contribution in [0.4, 0.5) is 5.69 Å². The van der Waals surface area contributed by atoms with E-state index in [9.17, 15) is 5.26 Å². The zero-order valence-electron chi connectivity index (χ0n) is 10.3. The monoisotopic (exact) mass is 255 g/mol. The van der Waals surface area contributed by atoms with Gasteiger partial charge in [0.1, 0.15) is 12.4 Å². The quantitative estimate of drug-likeness (QED) is 0.853. The van der Waals surface area contributed by atoms with Crippen molar-refractivity contribution >= 4 is 5.69 Å². The zero-order chi connectivity index (χ0) is 13.2. The molecule has 0 saturated heterocycles. The summed E-state index contributed by atoms with van der Waals surface area (Å²) < 4.78 is 2.02. The van der Waals surface area contributed by atoms with Crippen LogP contribution in [0, 0.1) is 11.3 Å². The maximum absolute atomic E-state index is 9.23. The van der Waals surface area contributed by atoms with Crippen molar-refractivity contribution in [3.05, 3.63) is 41.5 Å². The smallest absolute Gasteiger partial charge is 0.152 e. The molecule has 0 radical (unpaired) electrons. The van der Waals surface area contributed by atoms with Crippen LogP contribution in [-0.2, 0) is 19.7 Å². The maximum Gasteiger partial charge on any atom is 0.152 e. The standard InChI is InChI=1S/C13H13N5O/c14-6-11-5-10(8-19)1-2-12(11)17-3-4-18-9-15-16-13(18)7-17/h1-2,5,9,19H,3-4,7-8H2. The van der Waals surface area contributed by atoms with E-state index in [0.29, 0.717) is 12.1 Å². The lowest BCUT2D eigenvalue weighted by molar-refractivity contribution is 0.282. The number of benzene rings is 1. The second kappa shape index (κ2) is 4.71. The third-order valence-electron chi connectivity index (χ3n) is 3.34. The van der Waals surface area contributed by atoms with E-state index in [0.717, 1.165) is 30.2 Å². The van der Waals surface area contributed by atoms with E-state index in [2.05, 4.69) is 21.2 Å². The fourth-order valence-corrected chi connectivity index (χ4v) is 2.32. The highest BCUT2D eigenvalue weighted by Crippen LogP contribution is 2.25. The summed E-state index contributed by atoms with van der Waals surface area (Å²) in [6.45, 7) is 2.23. The average molecular weight is 255 g/mol. The third-order valence-corrected chi connectivity index (χ3v) is 3.34. The largest absolute Gasteiger partial charge is 0.392 e. The van der Waals surface area contributed by atoms with Crippen LogP contribution in [-0.4, -0.2) is 26.4 Å². The Balaban J connectivity index is 1.94. The van der Waals surface area contributed by atoms with Gasteiger partial charge in [-0.2, -0.15) is 5.26 Å². The first-order valence-electron chi connectivity index (χ1n) is 6.07. The highest BCUT2D eigenvalue weighted by atomic mass is 16.3. The van der Waals surface area contributed by atoms with Gasteiger partial charge in [0.25, 0.3) is 0 Å². The highest BCUT2D eigenvalue weighted by molar-refractivity contribution is 5.60. The van der Waals surface area contributed by atoms with Crippen molar-refractivity contribution in [2.24, 2.45) is 0 Å². The molecule has 1 aromatic heterocycles. The normalized spacial score (nSPS) is 14.0. The fraction of sp³-hybridized carbons (Fsp3) is 0.308. The molecule has 2 heterocycles. The van der Waals surface area contributed by atoms with E-state index < -0.39 is 0 Å². The van der Waals surface area contributed by atoms with Gasteiger partial charge in [0.2, 0.25) is 0 Å². The minimum atomic E-state index is -0.0523. The molecule has 0 aliphatic carbocycles. The molecule has 19 heavy (non-hydrogen) atoms. The van der Waals surface area contributed by atoms with Gasteiger partial charge >= 0.3 is 0 Å². The second-order valence-electron chi connectivity index (χ2n) is 4.48. The van der Waals surface area contributed by atoms with Gasteiger partial charge in [-0.25, -0.2) is 0 Å². The van der Waals surface area contributed by atoms with Crippen molar-refractivity contribution in [3.8, 4) is 6.07 Å². The summed E-state index contributed by atoms with van der Waals surface area (Å²) in [6.07, 6.45) is 1.73. The van der Waals surface area contributed by atoms with E-state index in [4.69, 9.17) is 5.11 Å². The molecule has 3 rings (SSSR count). The average Bonchev–Trinajstić information content (AvgIpc) is 2.93. The molecule has 6 heteroatoms. The number of nitriles is 1. The molecule has 0 atom stereocenters. The molecule has 1 aliphatic heterocycles. The van der Waals surface area contributed by atoms with E-state index in [1.54, 1.807) is 12.4 Å². The van der Waals surface area contributed by atoms with E-state index in [1.165, 1.54) is 0 Å². The highest BCUT2D eigenvalue weighted by Gasteiger charge is 2.19. The van der Waals surface area contributed by atoms with Crippen LogP contribution >= 0.6 is 0 Å². The molecule has 2 aromatic rings. The summed E-state index contributed by atoms with van der Waals surface area (Å²) in [7, 11) is 0. The summed E-state index contributed by atoms with van der Waals surface area (Å²) >= 11 is 0. The van der Waals surface area contributed by atoms with Gasteiger partial charge in [0, 0.05) is 13.1 Å². The molecule has 0 spiro atoms. The van der Waals surface area contributed by atoms with Crippen molar-refractivity contribution in [2.75, 3.05) is 11.4 Å². The Morgan fingerprint density at radius 1 is 1.37 bits per heavy atom. The first kappa shape index (κ1) is 11.7. The SMILES string of the molecule is N#Cc1cc(CO)ccc1N1CCn2cnnc2C1. The van der Waals surface area contributed by atoms with E-state index in [1.807, 2.05) is 16.7 Å². The molecule has 0 amide bonds. The van der Waals surface area contributed by atoms with Gasteiger partial charge in [-0.05, 0) is 17.7 Å². The number of rotatable bonds is 2. The predicted molar refractivity (Wildman–Crippen MR) is 68.2 cm³/mol. The van der Waals surface area contributed by atoms with Crippen LogP contribution in [0.25, 0.3) is 0 Å². The lowest BCUT2D eigenvalue weighted by atomic mass is 10.1. The molecule has 1 N–H and O–H groups in total. The Hall–Kier alpha value is -2.39. The Morgan fingerprint density at radius 3 is 3.05 bits per heavy atom. The Kier molecular flexibility index (Phi) is 2.89. The van der Waals surface area contributed by atoms with Crippen LogP contribution in [0.1, 0.15) is 17.0 Å². The number of hydrogen-bond donors (Lipinski definition) is 1. The summed E-state index contributed by atoms with van der Waals surface area (Å²) in [5, 5.41) is 26.3. The lowest BCUT2D eigenvalue weighted by Crippen LogP contribution is -2.34. The van der Waals surface area contributed by atoms with Crippen LogP contribution in [0.3, 0.4) is 0 Å². The van der Waals surface area contributed by atoms with Crippen LogP contribution in [0.5, 0.6) is 0 Å². The molecular formula is C13H13N5O. The molecular weight excluding hydrogens is 242 g/mol. The maximum atomic E-state index is 9.23. The summed E-state index contributed by atoms with van der Waals surface area (Å²) in [4.78, 5) is 2.11. The number of nitrogens with zero attached hydrogens (tertiary/aromatic N) is 5. The number of anilines is 1. The number of aliphatic hydroxyl groups is 1. The van der Waals surface area contributed by atoms with Crippen molar-refractivity contribution in [2.45, 2.75) is 19.7 Å². The zero-order valence-corrected chi connectivity index (χ0v) is 10.3. The molecule has 1 aliphatic rings. The Labute approximate surface area is 110 Å². The summed E-state index contributed by atoms with van der Waals surface area (Å²) in [6, 6.07) is 7.65. The minimum absolute atomic E-state index is 0.0523. The minimum Gasteiger partial charge on any atom is -0.392 e. The van der Waals surface area contributed by atoms with Gasteiger partial charge in [0.05, 0.1) is 24.4 Å². The van der Waals surface area contributed by atoms with E-state index >= 15 is 0 Å². The first-order valence-corrected chi connectivity index (χ1v) is 6.07. The molecule has 6 nitrogen and oxygen atoms in total. The Morgan fingerprint density at radius 2 is 2.26 bits per heavy atom. The van der Waals surface area contributed by atoms with Gasteiger partial charge in [-0.1, -0.05) is 6.07 Å². The lowest BCUT2D eigenvalue weighted by Gasteiger charge is -2.29. The van der Waals surface area contributed by atoms with Crippen molar-refractivity contribution in [1.82, 2.24) is 14.8 Å². The Bertz CT molecular complexity index is 643. The van der Waals surface area contributed by atoms with Gasteiger partial charge in [0.15, 0.2) is 5.82 Å². The summed E-state index contributed by atoms with van der Waals surface area (Å²) in [5.41, 5.74) is 2.22. The third kappa shape index (κ3) is 2.04. The summed E-state index contributed by atoms with van der Waals surface area (Å²) in [5.74, 6) is 0.904. The molecule has 0 unspecified atom stereocenters. The fourth-order valence-electron chi connectivity index (χ4n) is 2.32. The molecule has 1 aromatic carbocycles. The second-order valence-corrected chi connectivity index (χ2v) is 4.48. The van der Waals surface area contributed by atoms with Crippen LogP contribution in [0.2, 0.25) is 0 Å². The van der Waals surface area contributed by atoms with Crippen LogP contribution in [0.15, 0.2) is 24.5 Å². The van der Waals surface area contributed by atoms with Gasteiger partial charge in [-0.15, -0.1) is 10.2 Å². The predicted octanol–water partition coefficient (Wildman–Crippen LogP) is 0.662. The van der Waals surface area contributed by atoms with Gasteiger partial charge < -0.3 is 14.6 Å². The van der Waals surface area contributed by atoms with Gasteiger partial charge in [-0.3, -0.25) is 0 Å². The van der Waals surface area contributed by atoms with Crippen molar-refractivity contribution in [3.63, 3.8) is 0 Å². The molecule has 0 fully saturated rings. The molecule has 0 saturated carbocycles. The van der Waals surface area contributed by atoms with Crippen molar-refractivity contribution in [1.29, 1.82) is 5.26 Å². The number of aromatic nitrogens is 3. The number of aliphatic hydroxyl groups excluding tert-OH is 1. The molecule has 0 bridgehead atoms. The van der Waals surface area contributed by atoms with Crippen LogP contribution < -0.4 is 4.90 Å². The van der Waals surface area contributed by atoms with Crippen molar-refractivity contribution < 1.29 is 5.11 Å². The first-order chi connectivity index (χ1) is 9.31. The topological polar surface area (TPSA) is 78.0 Å². The number of fused-ring (bicyclic) bond motifs is 1. The number of hydrogen-bond acceptors (Lipinski definition) is 5. The molecule has 96 valence electrons. The van der Waals surface area contributed by atoms with E-state index in [-0.39, 0.29) is 6.61 Å².